The van der Waals surface area contributed by atoms with Crippen LogP contribution in [0.15, 0.2) is 51.7 Å². The van der Waals surface area contributed by atoms with Crippen LogP contribution in [0.25, 0.3) is 22.3 Å². The molecular formula is C30H34O15. The third-order valence-corrected chi connectivity index (χ3v) is 7.58. The van der Waals surface area contributed by atoms with Crippen molar-refractivity contribution in [3.05, 3.63) is 52.7 Å². The van der Waals surface area contributed by atoms with E-state index in [4.69, 9.17) is 32.8 Å². The molecule has 0 radical (unpaired) electrons. The van der Waals surface area contributed by atoms with E-state index in [0.29, 0.717) is 11.3 Å². The van der Waals surface area contributed by atoms with Gasteiger partial charge in [0.1, 0.15) is 70.6 Å². The van der Waals surface area contributed by atoms with Crippen molar-refractivity contribution in [1.82, 2.24) is 0 Å². The molecule has 5 rings (SSSR count). The summed E-state index contributed by atoms with van der Waals surface area (Å²) in [5, 5.41) is 63.0. The van der Waals surface area contributed by atoms with Gasteiger partial charge >= 0.3 is 5.97 Å². The fourth-order valence-corrected chi connectivity index (χ4v) is 5.18. The number of ether oxygens (including phenoxy) is 6. The molecule has 0 bridgehead atoms. The lowest BCUT2D eigenvalue weighted by Crippen LogP contribution is -2.62. The van der Waals surface area contributed by atoms with E-state index >= 15 is 0 Å². The summed E-state index contributed by atoms with van der Waals surface area (Å²) in [5.41, 5.74) is -0.0127. The lowest BCUT2D eigenvalue weighted by Gasteiger charge is -2.43. The monoisotopic (exact) mass is 634 g/mol. The van der Waals surface area contributed by atoms with Crippen LogP contribution in [-0.4, -0.2) is 112 Å². The molecule has 2 aromatic carbocycles. The van der Waals surface area contributed by atoms with Crippen molar-refractivity contribution in [3.63, 3.8) is 0 Å². The summed E-state index contributed by atoms with van der Waals surface area (Å²) in [6.07, 6.45) is -14.8. The van der Waals surface area contributed by atoms with Crippen LogP contribution in [0.4, 0.5) is 0 Å². The van der Waals surface area contributed by atoms with E-state index in [0.717, 1.165) is 13.0 Å². The van der Waals surface area contributed by atoms with E-state index in [1.165, 1.54) is 26.2 Å². The van der Waals surface area contributed by atoms with E-state index in [2.05, 4.69) is 0 Å². The molecule has 10 unspecified atom stereocenters. The topological polar surface area (TPSA) is 224 Å². The van der Waals surface area contributed by atoms with Gasteiger partial charge in [-0.1, -0.05) is 0 Å². The molecule has 6 N–H and O–H groups in total. The molecular weight excluding hydrogens is 600 g/mol. The first-order chi connectivity index (χ1) is 21.4. The standard InChI is InChI=1S/C30H34O15/c1-12-28(42-13(2)31)25(36)27(38)29(41-12)40-11-21-23(34)24(35)26(37)30(45-21)43-16-8-17(32)22-18(33)10-19(44-20(22)9-16)14-4-6-15(39-3)7-5-14/h4-10,12,21,23-30,32,34-38H,11H2,1-3H3. The zero-order chi connectivity index (χ0) is 32.6. The van der Waals surface area contributed by atoms with Crippen molar-refractivity contribution >= 4 is 16.9 Å². The van der Waals surface area contributed by atoms with E-state index in [1.807, 2.05) is 0 Å². The van der Waals surface area contributed by atoms with Crippen LogP contribution in [0.1, 0.15) is 13.8 Å². The fraction of sp³-hybridized carbons (Fsp3) is 0.467. The van der Waals surface area contributed by atoms with Gasteiger partial charge in [0.05, 0.1) is 19.8 Å². The van der Waals surface area contributed by atoms with Crippen LogP contribution in [0.2, 0.25) is 0 Å². The molecule has 15 nitrogen and oxygen atoms in total. The van der Waals surface area contributed by atoms with Gasteiger partial charge in [0.15, 0.2) is 17.8 Å². The average molecular weight is 635 g/mol. The second-order valence-electron chi connectivity index (χ2n) is 10.7. The highest BCUT2D eigenvalue weighted by Gasteiger charge is 2.48. The Morgan fingerprint density at radius 3 is 2.22 bits per heavy atom. The first-order valence-corrected chi connectivity index (χ1v) is 14.0. The SMILES string of the molecule is COc1ccc(-c2cc(=O)c3c(O)cc(OC4OC(COC5OC(C)C(OC(C)=O)C(O)C5O)C(O)C(O)C4O)cc3o2)cc1. The predicted octanol–water partition coefficient (Wildman–Crippen LogP) is -0.224. The average Bonchev–Trinajstić information content (AvgIpc) is 3.00. The Morgan fingerprint density at radius 1 is 0.867 bits per heavy atom. The zero-order valence-electron chi connectivity index (χ0n) is 24.4. The van der Waals surface area contributed by atoms with Crippen molar-refractivity contribution < 1.29 is 68.3 Å². The van der Waals surface area contributed by atoms with Gasteiger partial charge in [0.25, 0.3) is 0 Å². The summed E-state index contributed by atoms with van der Waals surface area (Å²) in [7, 11) is 1.52. The molecule has 2 aliphatic rings. The third kappa shape index (κ3) is 6.75. The predicted molar refractivity (Wildman–Crippen MR) is 151 cm³/mol. The molecule has 0 saturated carbocycles. The maximum Gasteiger partial charge on any atom is 0.303 e. The van der Waals surface area contributed by atoms with Crippen LogP contribution in [-0.2, 0) is 23.7 Å². The Balaban J connectivity index is 1.32. The highest BCUT2D eigenvalue weighted by atomic mass is 16.7. The van der Waals surface area contributed by atoms with Gasteiger partial charge in [0, 0.05) is 30.7 Å². The van der Waals surface area contributed by atoms with Crippen molar-refractivity contribution in [2.45, 2.75) is 75.3 Å². The molecule has 244 valence electrons. The number of benzene rings is 2. The molecule has 0 amide bonds. The number of fused-ring (bicyclic) bond motifs is 1. The van der Waals surface area contributed by atoms with E-state index in [9.17, 15) is 40.2 Å². The van der Waals surface area contributed by atoms with Crippen molar-refractivity contribution in [2.24, 2.45) is 0 Å². The Bertz CT molecular complexity index is 1560. The molecule has 1 aromatic heterocycles. The van der Waals surface area contributed by atoms with Gasteiger partial charge < -0.3 is 63.5 Å². The molecule has 0 aliphatic carbocycles. The molecule has 2 fully saturated rings. The second-order valence-corrected chi connectivity index (χ2v) is 10.7. The highest BCUT2D eigenvalue weighted by molar-refractivity contribution is 5.86. The van der Waals surface area contributed by atoms with Gasteiger partial charge in [-0.2, -0.15) is 0 Å². The van der Waals surface area contributed by atoms with Crippen molar-refractivity contribution in [3.8, 4) is 28.6 Å². The first-order valence-electron chi connectivity index (χ1n) is 14.0. The molecule has 2 aliphatic heterocycles. The molecule has 2 saturated heterocycles. The van der Waals surface area contributed by atoms with Crippen LogP contribution in [0.3, 0.4) is 0 Å². The Kier molecular flexibility index (Phi) is 9.62. The second kappa shape index (κ2) is 13.3. The number of aliphatic hydroxyl groups excluding tert-OH is 5. The van der Waals surface area contributed by atoms with Crippen LogP contribution in [0, 0.1) is 0 Å². The molecule has 10 atom stereocenters. The van der Waals surface area contributed by atoms with Gasteiger partial charge in [0.2, 0.25) is 6.29 Å². The summed E-state index contributed by atoms with van der Waals surface area (Å²) >= 11 is 0. The van der Waals surface area contributed by atoms with Crippen molar-refractivity contribution in [1.29, 1.82) is 0 Å². The number of aliphatic hydroxyl groups is 5. The van der Waals surface area contributed by atoms with Crippen LogP contribution in [0.5, 0.6) is 17.2 Å². The smallest absolute Gasteiger partial charge is 0.303 e. The van der Waals surface area contributed by atoms with Crippen LogP contribution >= 0.6 is 0 Å². The minimum absolute atomic E-state index is 0.0442. The van der Waals surface area contributed by atoms with Gasteiger partial charge in [-0.3, -0.25) is 9.59 Å². The van der Waals surface area contributed by atoms with E-state index in [1.54, 1.807) is 24.3 Å². The maximum atomic E-state index is 12.8. The minimum Gasteiger partial charge on any atom is -0.507 e. The number of esters is 1. The fourth-order valence-electron chi connectivity index (χ4n) is 5.18. The van der Waals surface area contributed by atoms with Crippen LogP contribution < -0.4 is 14.9 Å². The summed E-state index contributed by atoms with van der Waals surface area (Å²) < 4.78 is 38.5. The van der Waals surface area contributed by atoms with E-state index in [-0.39, 0.29) is 22.5 Å². The normalized spacial score (nSPS) is 31.8. The quantitative estimate of drug-likeness (QED) is 0.176. The van der Waals surface area contributed by atoms with Gasteiger partial charge in [-0.25, -0.2) is 0 Å². The lowest BCUT2D eigenvalue weighted by molar-refractivity contribution is -0.319. The maximum absolute atomic E-state index is 12.8. The summed E-state index contributed by atoms with van der Waals surface area (Å²) in [6.45, 7) is 2.13. The van der Waals surface area contributed by atoms with Gasteiger partial charge in [-0.15, -0.1) is 0 Å². The summed E-state index contributed by atoms with van der Waals surface area (Å²) in [5.74, 6) is -0.479. The third-order valence-electron chi connectivity index (χ3n) is 7.58. The van der Waals surface area contributed by atoms with Crippen molar-refractivity contribution in [2.75, 3.05) is 13.7 Å². The number of hydrogen-bond donors (Lipinski definition) is 6. The zero-order valence-corrected chi connectivity index (χ0v) is 24.4. The number of carbonyl (C=O) groups is 1. The largest absolute Gasteiger partial charge is 0.507 e. The first kappa shape index (κ1) is 32.6. The Labute approximate surface area is 255 Å². The summed E-state index contributed by atoms with van der Waals surface area (Å²) in [4.78, 5) is 24.2. The van der Waals surface area contributed by atoms with E-state index < -0.39 is 85.2 Å². The molecule has 3 heterocycles. The number of methoxy groups -OCH3 is 1. The molecule has 15 heteroatoms. The number of aromatic hydroxyl groups is 1. The molecule has 3 aromatic rings. The number of rotatable bonds is 8. The number of phenolic OH excluding ortho intramolecular Hbond substituents is 1. The highest BCUT2D eigenvalue weighted by Crippen LogP contribution is 2.34. The Hall–Kier alpha value is -3.80. The summed E-state index contributed by atoms with van der Waals surface area (Å²) in [6, 6.07) is 10.3. The lowest BCUT2D eigenvalue weighted by atomic mass is 9.98. The Morgan fingerprint density at radius 2 is 1.56 bits per heavy atom. The van der Waals surface area contributed by atoms with Gasteiger partial charge in [-0.05, 0) is 31.2 Å². The number of carbonyl (C=O) groups excluding carboxylic acids is 1. The molecule has 0 spiro atoms. The number of hydrogen-bond acceptors (Lipinski definition) is 15. The number of phenols is 1. The minimum atomic E-state index is -1.78. The molecule has 45 heavy (non-hydrogen) atoms.